The van der Waals surface area contributed by atoms with Gasteiger partial charge in [0, 0.05) is 25.7 Å². The van der Waals surface area contributed by atoms with Gasteiger partial charge in [-0.25, -0.2) is 4.79 Å². The summed E-state index contributed by atoms with van der Waals surface area (Å²) in [7, 11) is 0. The van der Waals surface area contributed by atoms with Gasteiger partial charge in [-0.2, -0.15) is 5.26 Å². The van der Waals surface area contributed by atoms with Crippen LogP contribution >= 0.6 is 0 Å². The SMILES string of the molecule is CC(C)(C)OC(=O)N1CCC(CNC2CC2)(Cc2ccc(CC#N)cc2)CC1.c1ccccc1. The van der Waals surface area contributed by atoms with Gasteiger partial charge in [-0.3, -0.25) is 0 Å². The standard InChI is InChI=1S/C23H33N3O2.C6H6/c1-22(2,3)28-21(27)26-14-11-23(12-15-26,17-25-20-8-9-20)16-19-6-4-18(5-7-19)10-13-24;1-2-4-6-5-3-1/h4-7,20,25H,8-12,14-17H2,1-3H3;1-6H. The molecule has 1 aliphatic carbocycles. The van der Waals surface area contributed by atoms with E-state index in [0.29, 0.717) is 12.5 Å². The van der Waals surface area contributed by atoms with Crippen LogP contribution in [0.5, 0.6) is 0 Å². The average Bonchev–Trinajstić information content (AvgIpc) is 3.65. The second kappa shape index (κ2) is 12.0. The number of likely N-dealkylation sites (tertiary alicyclic amines) is 1. The minimum atomic E-state index is -0.454. The molecule has 34 heavy (non-hydrogen) atoms. The van der Waals surface area contributed by atoms with E-state index in [0.717, 1.165) is 44.5 Å². The first kappa shape index (κ1) is 25.8. The molecule has 1 aliphatic heterocycles. The number of hydrogen-bond donors (Lipinski definition) is 1. The van der Waals surface area contributed by atoms with Crippen LogP contribution in [0.3, 0.4) is 0 Å². The molecular weight excluding hydrogens is 422 g/mol. The van der Waals surface area contributed by atoms with E-state index >= 15 is 0 Å². The van der Waals surface area contributed by atoms with E-state index < -0.39 is 5.60 Å². The summed E-state index contributed by atoms with van der Waals surface area (Å²) in [6.07, 6.45) is 5.78. The van der Waals surface area contributed by atoms with E-state index in [1.165, 1.54) is 18.4 Å². The second-order valence-electron chi connectivity index (χ2n) is 10.6. The Bertz CT molecular complexity index is 890. The zero-order valence-electron chi connectivity index (χ0n) is 20.9. The molecule has 1 heterocycles. The number of carbonyl (C=O) groups excluding carboxylic acids is 1. The molecule has 0 spiro atoms. The van der Waals surface area contributed by atoms with E-state index in [1.54, 1.807) is 0 Å². The van der Waals surface area contributed by atoms with E-state index in [9.17, 15) is 4.79 Å². The highest BCUT2D eigenvalue weighted by Gasteiger charge is 2.38. The third-order valence-corrected chi connectivity index (χ3v) is 6.37. The largest absolute Gasteiger partial charge is 0.444 e. The third kappa shape index (κ3) is 8.83. The molecule has 4 rings (SSSR count). The molecule has 0 atom stereocenters. The lowest BCUT2D eigenvalue weighted by Crippen LogP contribution is -2.49. The highest BCUT2D eigenvalue weighted by molar-refractivity contribution is 5.68. The number of amides is 1. The molecule has 182 valence electrons. The van der Waals surface area contributed by atoms with Crippen LogP contribution in [0.25, 0.3) is 0 Å². The maximum atomic E-state index is 12.4. The van der Waals surface area contributed by atoms with E-state index in [1.807, 2.05) is 62.1 Å². The van der Waals surface area contributed by atoms with Gasteiger partial charge in [0.15, 0.2) is 0 Å². The number of hydrogen-bond acceptors (Lipinski definition) is 4. The quantitative estimate of drug-likeness (QED) is 0.595. The molecule has 0 aromatic heterocycles. The maximum Gasteiger partial charge on any atom is 0.410 e. The van der Waals surface area contributed by atoms with Gasteiger partial charge in [0.2, 0.25) is 0 Å². The van der Waals surface area contributed by atoms with Crippen molar-refractivity contribution in [2.24, 2.45) is 5.41 Å². The second-order valence-corrected chi connectivity index (χ2v) is 10.6. The predicted molar refractivity (Wildman–Crippen MR) is 136 cm³/mol. The molecule has 2 aliphatic rings. The lowest BCUT2D eigenvalue weighted by molar-refractivity contribution is 0.00992. The summed E-state index contributed by atoms with van der Waals surface area (Å²) in [5.41, 5.74) is 2.09. The minimum Gasteiger partial charge on any atom is -0.444 e. The van der Waals surface area contributed by atoms with E-state index in [-0.39, 0.29) is 11.5 Å². The van der Waals surface area contributed by atoms with Crippen molar-refractivity contribution in [1.82, 2.24) is 10.2 Å². The van der Waals surface area contributed by atoms with Gasteiger partial charge < -0.3 is 15.0 Å². The molecular formula is C29H39N3O2. The fourth-order valence-electron chi connectivity index (χ4n) is 4.24. The summed E-state index contributed by atoms with van der Waals surface area (Å²) in [6, 6.07) is 23.3. The summed E-state index contributed by atoms with van der Waals surface area (Å²) in [4.78, 5) is 14.3. The van der Waals surface area contributed by atoms with Gasteiger partial charge in [-0.05, 0) is 69.4 Å². The Balaban J connectivity index is 0.000000469. The van der Waals surface area contributed by atoms with Crippen LogP contribution in [0.15, 0.2) is 60.7 Å². The number of benzene rings is 2. The Labute approximate surface area is 205 Å². The molecule has 0 bridgehead atoms. The summed E-state index contributed by atoms with van der Waals surface area (Å²) in [6.45, 7) is 8.22. The van der Waals surface area contributed by atoms with E-state index in [2.05, 4.69) is 35.7 Å². The number of ether oxygens (including phenoxy) is 1. The van der Waals surface area contributed by atoms with Gasteiger partial charge >= 0.3 is 6.09 Å². The molecule has 0 radical (unpaired) electrons. The van der Waals surface area contributed by atoms with Crippen molar-refractivity contribution in [3.8, 4) is 6.07 Å². The Morgan fingerprint density at radius 2 is 1.56 bits per heavy atom. The molecule has 1 saturated carbocycles. The van der Waals surface area contributed by atoms with Gasteiger partial charge in [0.1, 0.15) is 5.60 Å². The molecule has 1 N–H and O–H groups in total. The highest BCUT2D eigenvalue weighted by Crippen LogP contribution is 2.36. The lowest BCUT2D eigenvalue weighted by atomic mass is 9.73. The summed E-state index contributed by atoms with van der Waals surface area (Å²) < 4.78 is 5.55. The zero-order valence-corrected chi connectivity index (χ0v) is 20.9. The molecule has 1 saturated heterocycles. The van der Waals surface area contributed by atoms with Crippen LogP contribution in [0.4, 0.5) is 4.79 Å². The number of carbonyl (C=O) groups is 1. The lowest BCUT2D eigenvalue weighted by Gasteiger charge is -2.42. The van der Waals surface area contributed by atoms with Gasteiger partial charge in [0.05, 0.1) is 12.5 Å². The topological polar surface area (TPSA) is 65.4 Å². The number of nitrogens with zero attached hydrogens (tertiary/aromatic N) is 2. The van der Waals surface area contributed by atoms with Crippen LogP contribution in [0.1, 0.15) is 57.6 Å². The first-order valence-electron chi connectivity index (χ1n) is 12.4. The fourth-order valence-corrected chi connectivity index (χ4v) is 4.24. The average molecular weight is 462 g/mol. The molecule has 2 aromatic rings. The monoisotopic (exact) mass is 461 g/mol. The number of nitrogens with one attached hydrogen (secondary N) is 1. The van der Waals surface area contributed by atoms with Crippen LogP contribution in [-0.4, -0.2) is 42.3 Å². The molecule has 5 heteroatoms. The van der Waals surface area contributed by atoms with Gasteiger partial charge in [-0.15, -0.1) is 0 Å². The normalized spacial score (nSPS) is 17.2. The minimum absolute atomic E-state index is 0.165. The van der Waals surface area contributed by atoms with Crippen molar-refractivity contribution in [2.45, 2.75) is 70.9 Å². The number of nitriles is 1. The summed E-state index contributed by atoms with van der Waals surface area (Å²) >= 11 is 0. The zero-order chi connectivity index (χ0) is 24.4. The van der Waals surface area contributed by atoms with Crippen LogP contribution < -0.4 is 5.32 Å². The Morgan fingerprint density at radius 3 is 2.03 bits per heavy atom. The number of rotatable bonds is 6. The van der Waals surface area contributed by atoms with Crippen molar-refractivity contribution in [3.05, 3.63) is 71.8 Å². The van der Waals surface area contributed by atoms with Crippen molar-refractivity contribution >= 4 is 6.09 Å². The molecule has 0 unspecified atom stereocenters. The van der Waals surface area contributed by atoms with Gasteiger partial charge in [0.25, 0.3) is 0 Å². The van der Waals surface area contributed by atoms with Crippen molar-refractivity contribution in [2.75, 3.05) is 19.6 Å². The Morgan fingerprint density at radius 1 is 1.03 bits per heavy atom. The Kier molecular flexibility index (Phi) is 9.12. The molecule has 2 fully saturated rings. The van der Waals surface area contributed by atoms with Gasteiger partial charge in [-0.1, -0.05) is 60.7 Å². The summed E-state index contributed by atoms with van der Waals surface area (Å²) in [5.74, 6) is 0. The van der Waals surface area contributed by atoms with Crippen molar-refractivity contribution in [3.63, 3.8) is 0 Å². The predicted octanol–water partition coefficient (Wildman–Crippen LogP) is 5.75. The highest BCUT2D eigenvalue weighted by atomic mass is 16.6. The van der Waals surface area contributed by atoms with Crippen molar-refractivity contribution < 1.29 is 9.53 Å². The molecule has 2 aromatic carbocycles. The van der Waals surface area contributed by atoms with Crippen molar-refractivity contribution in [1.29, 1.82) is 5.26 Å². The third-order valence-electron chi connectivity index (χ3n) is 6.37. The molecule has 5 nitrogen and oxygen atoms in total. The number of piperidine rings is 1. The maximum absolute atomic E-state index is 12.4. The Hall–Kier alpha value is -2.84. The first-order valence-corrected chi connectivity index (χ1v) is 12.4. The van der Waals surface area contributed by atoms with Crippen LogP contribution in [0, 0.1) is 16.7 Å². The summed E-state index contributed by atoms with van der Waals surface area (Å²) in [5, 5.41) is 12.6. The van der Waals surface area contributed by atoms with Crippen LogP contribution in [0.2, 0.25) is 0 Å². The molecule has 1 amide bonds. The first-order chi connectivity index (χ1) is 16.3. The van der Waals surface area contributed by atoms with E-state index in [4.69, 9.17) is 10.00 Å². The smallest absolute Gasteiger partial charge is 0.410 e. The fraction of sp³-hybridized carbons (Fsp3) is 0.517. The van der Waals surface area contributed by atoms with Crippen LogP contribution in [-0.2, 0) is 17.6 Å².